The average Bonchev–Trinajstić information content (AvgIpc) is 2.96. The number of carboxylic acids is 1. The van der Waals surface area contributed by atoms with Crippen LogP contribution in [0.1, 0.15) is 44.9 Å². The largest absolute Gasteiger partial charge is 0.478 e. The molecule has 1 heterocycles. The fourth-order valence-corrected chi connectivity index (χ4v) is 3.02. The highest BCUT2D eigenvalue weighted by molar-refractivity contribution is 6.30. The highest BCUT2D eigenvalue weighted by Crippen LogP contribution is 2.28. The summed E-state index contributed by atoms with van der Waals surface area (Å²) in [5.41, 5.74) is 1.83. The highest BCUT2D eigenvalue weighted by atomic mass is 35.5. The van der Waals surface area contributed by atoms with Crippen LogP contribution in [0.4, 0.5) is 0 Å². The molecule has 0 fully saturated rings. The van der Waals surface area contributed by atoms with Gasteiger partial charge in [-0.3, -0.25) is 4.79 Å². The first-order chi connectivity index (χ1) is 13.8. The number of nitrogens with one attached hydrogen (secondary N) is 1. The molecule has 3 aromatic rings. The van der Waals surface area contributed by atoms with Gasteiger partial charge in [-0.05, 0) is 55.8 Å². The van der Waals surface area contributed by atoms with E-state index in [1.807, 2.05) is 6.92 Å². The van der Waals surface area contributed by atoms with Gasteiger partial charge in [0.05, 0.1) is 17.3 Å². The Kier molecular flexibility index (Phi) is 5.89. The van der Waals surface area contributed by atoms with E-state index in [1.54, 1.807) is 50.4 Å². The number of aryl methyl sites for hydroxylation is 2. The van der Waals surface area contributed by atoms with Crippen molar-refractivity contribution in [3.63, 3.8) is 0 Å². The Morgan fingerprint density at radius 1 is 1.14 bits per heavy atom. The average molecular weight is 414 g/mol. The van der Waals surface area contributed by atoms with E-state index in [2.05, 4.69) is 10.4 Å². The fraction of sp³-hybridized carbons (Fsp3) is 0.190. The fourth-order valence-electron chi connectivity index (χ4n) is 2.90. The summed E-state index contributed by atoms with van der Waals surface area (Å²) in [5.74, 6) is -0.489. The molecule has 2 aromatic carbocycles. The lowest BCUT2D eigenvalue weighted by Crippen LogP contribution is -2.27. The maximum absolute atomic E-state index is 12.9. The monoisotopic (exact) mass is 413 g/mol. The number of ether oxygens (including phenoxy) is 1. The summed E-state index contributed by atoms with van der Waals surface area (Å²) >= 11 is 5.90. The number of halogens is 1. The lowest BCUT2D eigenvalue weighted by molar-refractivity contribution is 0.0696. The molecule has 0 bridgehead atoms. The molecule has 1 unspecified atom stereocenters. The van der Waals surface area contributed by atoms with E-state index in [1.165, 1.54) is 16.8 Å². The van der Waals surface area contributed by atoms with Crippen molar-refractivity contribution in [2.24, 2.45) is 7.05 Å². The second-order valence-corrected chi connectivity index (χ2v) is 7.00. The molecule has 7 nitrogen and oxygen atoms in total. The van der Waals surface area contributed by atoms with Crippen LogP contribution in [0.15, 0.2) is 48.5 Å². The molecule has 0 spiro atoms. The molecule has 0 aliphatic rings. The van der Waals surface area contributed by atoms with Crippen molar-refractivity contribution in [3.8, 4) is 11.6 Å². The minimum absolute atomic E-state index is 0.189. The van der Waals surface area contributed by atoms with Gasteiger partial charge in [0.1, 0.15) is 11.3 Å². The third-order valence-corrected chi connectivity index (χ3v) is 4.68. The van der Waals surface area contributed by atoms with Gasteiger partial charge in [-0.25, -0.2) is 9.48 Å². The van der Waals surface area contributed by atoms with Crippen molar-refractivity contribution < 1.29 is 19.4 Å². The Labute approximate surface area is 172 Å². The Morgan fingerprint density at radius 2 is 1.76 bits per heavy atom. The molecule has 1 aromatic heterocycles. The van der Waals surface area contributed by atoms with Gasteiger partial charge in [0.25, 0.3) is 5.91 Å². The number of amides is 1. The van der Waals surface area contributed by atoms with Gasteiger partial charge >= 0.3 is 5.97 Å². The molecule has 1 atom stereocenters. The number of rotatable bonds is 6. The van der Waals surface area contributed by atoms with Crippen LogP contribution in [0.5, 0.6) is 11.6 Å². The molecule has 0 saturated heterocycles. The minimum Gasteiger partial charge on any atom is -0.478 e. The first kappa shape index (κ1) is 20.4. The normalized spacial score (nSPS) is 11.7. The number of aromatic carboxylic acids is 1. The van der Waals surface area contributed by atoms with Crippen LogP contribution in [0.2, 0.25) is 5.02 Å². The second kappa shape index (κ2) is 8.36. The van der Waals surface area contributed by atoms with Crippen molar-refractivity contribution >= 4 is 23.5 Å². The lowest BCUT2D eigenvalue weighted by Gasteiger charge is -2.15. The topological polar surface area (TPSA) is 93.5 Å². The highest BCUT2D eigenvalue weighted by Gasteiger charge is 2.24. The summed E-state index contributed by atoms with van der Waals surface area (Å²) in [4.78, 5) is 23.9. The summed E-state index contributed by atoms with van der Waals surface area (Å²) < 4.78 is 7.39. The van der Waals surface area contributed by atoms with Crippen LogP contribution in [0.25, 0.3) is 0 Å². The van der Waals surface area contributed by atoms with E-state index in [4.69, 9.17) is 21.4 Å². The van der Waals surface area contributed by atoms with E-state index in [9.17, 15) is 9.59 Å². The Balaban J connectivity index is 1.81. The number of aromatic nitrogens is 2. The summed E-state index contributed by atoms with van der Waals surface area (Å²) in [6.45, 7) is 3.55. The first-order valence-electron chi connectivity index (χ1n) is 8.87. The van der Waals surface area contributed by atoms with Crippen molar-refractivity contribution in [2.45, 2.75) is 19.9 Å². The minimum atomic E-state index is -0.997. The van der Waals surface area contributed by atoms with E-state index < -0.39 is 5.97 Å². The number of nitrogens with zero attached hydrogens (tertiary/aromatic N) is 2. The first-order valence-corrected chi connectivity index (χ1v) is 9.25. The molecular formula is C21H20ClN3O4. The van der Waals surface area contributed by atoms with Gasteiger partial charge in [-0.1, -0.05) is 23.7 Å². The third-order valence-electron chi connectivity index (χ3n) is 4.43. The van der Waals surface area contributed by atoms with Crippen molar-refractivity contribution in [3.05, 3.63) is 75.9 Å². The summed E-state index contributed by atoms with van der Waals surface area (Å²) in [6, 6.07) is 12.8. The number of carbonyl (C=O) groups is 2. The van der Waals surface area contributed by atoms with Crippen LogP contribution in [-0.2, 0) is 7.05 Å². The van der Waals surface area contributed by atoms with Gasteiger partial charge in [-0.15, -0.1) is 0 Å². The van der Waals surface area contributed by atoms with Crippen molar-refractivity contribution in [1.82, 2.24) is 15.1 Å². The summed E-state index contributed by atoms with van der Waals surface area (Å²) in [6.07, 6.45) is 0. The molecule has 0 radical (unpaired) electrons. The molecular weight excluding hydrogens is 394 g/mol. The van der Waals surface area contributed by atoms with Gasteiger partial charge in [0.15, 0.2) is 0 Å². The molecule has 8 heteroatoms. The smallest absolute Gasteiger partial charge is 0.335 e. The SMILES string of the molecule is Cc1nn(C)c(Oc2ccc(Cl)cc2)c1C(=O)NC(C)c1ccc(C(=O)O)cc1. The van der Waals surface area contributed by atoms with Crippen molar-refractivity contribution in [2.75, 3.05) is 0 Å². The summed E-state index contributed by atoms with van der Waals surface area (Å²) in [5, 5.41) is 16.8. The zero-order valence-electron chi connectivity index (χ0n) is 16.1. The van der Waals surface area contributed by atoms with E-state index >= 15 is 0 Å². The number of hydrogen-bond acceptors (Lipinski definition) is 4. The van der Waals surface area contributed by atoms with Crippen molar-refractivity contribution in [1.29, 1.82) is 0 Å². The number of carbonyl (C=O) groups excluding carboxylic acids is 1. The molecule has 29 heavy (non-hydrogen) atoms. The Hall–Kier alpha value is -3.32. The van der Waals surface area contributed by atoms with Crippen LogP contribution >= 0.6 is 11.6 Å². The Morgan fingerprint density at radius 3 is 2.34 bits per heavy atom. The number of hydrogen-bond donors (Lipinski definition) is 2. The van der Waals surface area contributed by atoms with E-state index in [0.717, 1.165) is 5.56 Å². The van der Waals surface area contributed by atoms with Gasteiger partial charge in [-0.2, -0.15) is 5.10 Å². The molecule has 0 aliphatic heterocycles. The molecule has 3 rings (SSSR count). The zero-order chi connectivity index (χ0) is 21.1. The lowest BCUT2D eigenvalue weighted by atomic mass is 10.1. The second-order valence-electron chi connectivity index (χ2n) is 6.57. The zero-order valence-corrected chi connectivity index (χ0v) is 16.9. The van der Waals surface area contributed by atoms with E-state index in [-0.39, 0.29) is 17.5 Å². The maximum Gasteiger partial charge on any atom is 0.335 e. The van der Waals surface area contributed by atoms with Crippen LogP contribution < -0.4 is 10.1 Å². The Bertz CT molecular complexity index is 1040. The number of carboxylic acid groups (broad SMARTS) is 1. The molecule has 0 aliphatic carbocycles. The molecule has 2 N–H and O–H groups in total. The molecule has 0 saturated carbocycles. The van der Waals surface area contributed by atoms with Gasteiger partial charge in [0.2, 0.25) is 5.88 Å². The van der Waals surface area contributed by atoms with Crippen LogP contribution in [0, 0.1) is 6.92 Å². The third kappa shape index (κ3) is 4.57. The van der Waals surface area contributed by atoms with E-state index in [0.29, 0.717) is 27.9 Å². The quantitative estimate of drug-likeness (QED) is 0.626. The molecule has 150 valence electrons. The standard InChI is InChI=1S/C21H20ClN3O4/c1-12(14-4-6-15(7-5-14)21(27)28)23-19(26)18-13(2)24-25(3)20(18)29-17-10-8-16(22)9-11-17/h4-12H,1-3H3,(H,23,26)(H,27,28). The van der Waals surface area contributed by atoms with Crippen LogP contribution in [-0.4, -0.2) is 26.8 Å². The predicted octanol–water partition coefficient (Wildman–Crippen LogP) is 4.36. The number of benzene rings is 2. The maximum atomic E-state index is 12.9. The van der Waals surface area contributed by atoms with Crippen LogP contribution in [0.3, 0.4) is 0 Å². The summed E-state index contributed by atoms with van der Waals surface area (Å²) in [7, 11) is 1.70. The van der Waals surface area contributed by atoms with Gasteiger partial charge < -0.3 is 15.2 Å². The van der Waals surface area contributed by atoms with Gasteiger partial charge in [0, 0.05) is 12.1 Å². The predicted molar refractivity (Wildman–Crippen MR) is 109 cm³/mol. The molecule has 1 amide bonds.